The van der Waals surface area contributed by atoms with Crippen molar-refractivity contribution in [3.05, 3.63) is 106 Å². The number of hydrogen-bond acceptors (Lipinski definition) is 6. The van der Waals surface area contributed by atoms with E-state index < -0.39 is 0 Å². The molecular weight excluding hydrogens is 450 g/mol. The van der Waals surface area contributed by atoms with Gasteiger partial charge in [-0.05, 0) is 29.8 Å². The summed E-state index contributed by atoms with van der Waals surface area (Å²) in [7, 11) is 0. The normalized spacial score (nSPS) is 13.2. The Labute approximate surface area is 197 Å². The van der Waals surface area contributed by atoms with E-state index in [2.05, 4.69) is 10.2 Å². The second-order valence-corrected chi connectivity index (χ2v) is 8.78. The maximum Gasteiger partial charge on any atom is 0.263 e. The van der Waals surface area contributed by atoms with E-state index in [-0.39, 0.29) is 23.3 Å². The Morgan fingerprint density at radius 2 is 1.38 bits per heavy atom. The minimum atomic E-state index is -0.326. The van der Waals surface area contributed by atoms with Gasteiger partial charge < -0.3 is 0 Å². The first-order valence-corrected chi connectivity index (χ1v) is 11.6. The highest BCUT2D eigenvalue weighted by Crippen LogP contribution is 2.28. The first-order chi connectivity index (χ1) is 16.6. The first kappa shape index (κ1) is 20.4. The molecule has 6 rings (SSSR count). The molecule has 166 valence electrons. The zero-order valence-electron chi connectivity index (χ0n) is 17.8. The van der Waals surface area contributed by atoms with Crippen molar-refractivity contribution in [2.24, 2.45) is 0 Å². The first-order valence-electron chi connectivity index (χ1n) is 10.6. The van der Waals surface area contributed by atoms with Gasteiger partial charge in [-0.25, -0.2) is 0 Å². The van der Waals surface area contributed by atoms with Crippen LogP contribution in [0.4, 0.5) is 0 Å². The fourth-order valence-corrected chi connectivity index (χ4v) is 5.10. The average Bonchev–Trinajstić information content (AvgIpc) is 3.40. The summed E-state index contributed by atoms with van der Waals surface area (Å²) < 4.78 is 3.40. The number of rotatable bonds is 5. The molecule has 0 bridgehead atoms. The average molecular weight is 468 g/mol. The Bertz CT molecular complexity index is 1620. The van der Waals surface area contributed by atoms with Gasteiger partial charge in [-0.3, -0.25) is 28.3 Å². The summed E-state index contributed by atoms with van der Waals surface area (Å²) in [5.74, 6) is -0.169. The molecule has 8 nitrogen and oxygen atoms in total. The van der Waals surface area contributed by atoms with E-state index in [9.17, 15) is 14.4 Å². The Morgan fingerprint density at radius 1 is 0.735 bits per heavy atom. The predicted molar refractivity (Wildman–Crippen MR) is 128 cm³/mol. The molecule has 1 aliphatic rings. The fourth-order valence-electron chi connectivity index (χ4n) is 4.21. The van der Waals surface area contributed by atoms with Crippen LogP contribution in [0.5, 0.6) is 0 Å². The van der Waals surface area contributed by atoms with E-state index in [1.807, 2.05) is 52.9 Å². The van der Waals surface area contributed by atoms with Crippen LogP contribution in [0, 0.1) is 0 Å². The third-order valence-electron chi connectivity index (χ3n) is 5.86. The van der Waals surface area contributed by atoms with Crippen LogP contribution in [0.3, 0.4) is 0 Å². The molecule has 34 heavy (non-hydrogen) atoms. The number of fused-ring (bicyclic) bond motifs is 4. The highest BCUT2D eigenvalue weighted by molar-refractivity contribution is 7.99. The Morgan fingerprint density at radius 3 is 2.12 bits per heavy atom. The summed E-state index contributed by atoms with van der Waals surface area (Å²) in [5.41, 5.74) is 2.28. The van der Waals surface area contributed by atoms with Gasteiger partial charge in [-0.2, -0.15) is 0 Å². The number of hydrogen-bond donors (Lipinski definition) is 0. The van der Waals surface area contributed by atoms with Crippen LogP contribution in [0.1, 0.15) is 26.3 Å². The lowest BCUT2D eigenvalue weighted by Gasteiger charge is -2.14. The van der Waals surface area contributed by atoms with Crippen molar-refractivity contribution >= 4 is 40.3 Å². The van der Waals surface area contributed by atoms with E-state index in [4.69, 9.17) is 0 Å². The Hall–Kier alpha value is -4.24. The number of benzene rings is 3. The molecule has 0 unspecified atom stereocenters. The number of aromatic nitrogens is 4. The number of imide groups is 1. The summed E-state index contributed by atoms with van der Waals surface area (Å²) in [5, 5.41) is 9.66. The van der Waals surface area contributed by atoms with Crippen molar-refractivity contribution in [1.29, 1.82) is 0 Å². The predicted octanol–water partition coefficient (Wildman–Crippen LogP) is 3.44. The summed E-state index contributed by atoms with van der Waals surface area (Å²) >= 11 is 1.23. The molecule has 0 fully saturated rings. The summed E-state index contributed by atoms with van der Waals surface area (Å²) in [6.07, 6.45) is 0. The molecule has 3 aromatic carbocycles. The van der Waals surface area contributed by atoms with Crippen LogP contribution >= 0.6 is 11.8 Å². The van der Waals surface area contributed by atoms with Gasteiger partial charge in [0.25, 0.3) is 17.4 Å². The standard InChI is InChI=1S/C25H17N5O3S/c31-21-17-10-4-5-11-18(17)22(32)29(21)15-34-25-27-26-24-28(14-16-8-2-1-3-9-16)23(33)19-12-6-7-13-20(19)30(24)25/h1-13H,14-15H2. The van der Waals surface area contributed by atoms with Crippen LogP contribution in [0.15, 0.2) is 88.8 Å². The minimum absolute atomic E-state index is 0.0826. The van der Waals surface area contributed by atoms with Crippen molar-refractivity contribution in [3.63, 3.8) is 0 Å². The lowest BCUT2D eigenvalue weighted by atomic mass is 10.1. The van der Waals surface area contributed by atoms with Gasteiger partial charge in [-0.1, -0.05) is 66.4 Å². The maximum atomic E-state index is 13.3. The minimum Gasteiger partial charge on any atom is -0.272 e. The number of nitrogens with zero attached hydrogens (tertiary/aromatic N) is 5. The Kier molecular flexibility index (Phi) is 4.77. The zero-order chi connectivity index (χ0) is 23.2. The SMILES string of the molecule is O=C1c2ccccc2C(=O)N1CSc1nnc2n(Cc3ccccc3)c(=O)c3ccccc3n12. The van der Waals surface area contributed by atoms with Gasteiger partial charge >= 0.3 is 0 Å². The molecule has 3 heterocycles. The molecule has 0 spiro atoms. The van der Waals surface area contributed by atoms with Crippen molar-refractivity contribution in [2.45, 2.75) is 11.7 Å². The van der Waals surface area contributed by atoms with E-state index in [1.54, 1.807) is 34.9 Å². The van der Waals surface area contributed by atoms with Crippen LogP contribution < -0.4 is 5.56 Å². The molecule has 9 heteroatoms. The molecule has 0 atom stereocenters. The van der Waals surface area contributed by atoms with Crippen LogP contribution in [-0.4, -0.2) is 41.8 Å². The van der Waals surface area contributed by atoms with Gasteiger partial charge in [0.1, 0.15) is 0 Å². The van der Waals surface area contributed by atoms with Crippen LogP contribution in [0.2, 0.25) is 0 Å². The number of carbonyl (C=O) groups is 2. The molecular formula is C25H17N5O3S. The topological polar surface area (TPSA) is 89.6 Å². The molecule has 0 N–H and O–H groups in total. The van der Waals surface area contributed by atoms with Gasteiger partial charge in [-0.15, -0.1) is 10.2 Å². The summed E-state index contributed by atoms with van der Waals surface area (Å²) in [4.78, 5) is 40.0. The molecule has 1 aliphatic heterocycles. The number of thioether (sulfide) groups is 1. The molecule has 0 aliphatic carbocycles. The van der Waals surface area contributed by atoms with Crippen molar-refractivity contribution in [3.8, 4) is 0 Å². The molecule has 0 saturated carbocycles. The van der Waals surface area contributed by atoms with Crippen molar-refractivity contribution < 1.29 is 9.59 Å². The monoisotopic (exact) mass is 467 g/mol. The third-order valence-corrected chi connectivity index (χ3v) is 6.77. The van der Waals surface area contributed by atoms with Crippen molar-refractivity contribution in [2.75, 3.05) is 5.88 Å². The third kappa shape index (κ3) is 3.12. The van der Waals surface area contributed by atoms with Crippen LogP contribution in [-0.2, 0) is 6.54 Å². The summed E-state index contributed by atoms with van der Waals surface area (Å²) in [6.45, 7) is 0.342. The quantitative estimate of drug-likeness (QED) is 0.291. The summed E-state index contributed by atoms with van der Waals surface area (Å²) in [6, 6.07) is 23.7. The maximum absolute atomic E-state index is 13.3. The van der Waals surface area contributed by atoms with Gasteiger partial charge in [0.2, 0.25) is 5.78 Å². The highest BCUT2D eigenvalue weighted by Gasteiger charge is 2.35. The lowest BCUT2D eigenvalue weighted by molar-refractivity contribution is 0.0684. The Balaban J connectivity index is 1.42. The lowest BCUT2D eigenvalue weighted by Crippen LogP contribution is -2.29. The molecule has 5 aromatic rings. The molecule has 2 amide bonds. The smallest absolute Gasteiger partial charge is 0.263 e. The zero-order valence-corrected chi connectivity index (χ0v) is 18.6. The second-order valence-electron chi connectivity index (χ2n) is 7.87. The number of para-hydroxylation sites is 1. The van der Waals surface area contributed by atoms with Crippen LogP contribution in [0.25, 0.3) is 16.7 Å². The van der Waals surface area contributed by atoms with Gasteiger partial charge in [0.05, 0.1) is 34.5 Å². The van der Waals surface area contributed by atoms with E-state index >= 15 is 0 Å². The largest absolute Gasteiger partial charge is 0.272 e. The van der Waals surface area contributed by atoms with Crippen molar-refractivity contribution in [1.82, 2.24) is 24.1 Å². The van der Waals surface area contributed by atoms with Gasteiger partial charge in [0.15, 0.2) is 5.16 Å². The molecule has 0 radical (unpaired) electrons. The highest BCUT2D eigenvalue weighted by atomic mass is 32.2. The fraction of sp³-hybridized carbons (Fsp3) is 0.0800. The molecule has 0 saturated heterocycles. The van der Waals surface area contributed by atoms with E-state index in [1.165, 1.54) is 16.7 Å². The number of amides is 2. The van der Waals surface area contributed by atoms with E-state index in [0.717, 1.165) is 5.56 Å². The second kappa shape index (κ2) is 7.96. The molecule has 2 aromatic heterocycles. The van der Waals surface area contributed by atoms with E-state index in [0.29, 0.717) is 39.5 Å². The number of carbonyl (C=O) groups excluding carboxylic acids is 2. The van der Waals surface area contributed by atoms with Gasteiger partial charge in [0, 0.05) is 0 Å².